The summed E-state index contributed by atoms with van der Waals surface area (Å²) < 4.78 is 37.2. The Morgan fingerprint density at radius 1 is 1.03 bits per heavy atom. The second kappa shape index (κ2) is 7.61. The van der Waals surface area contributed by atoms with Gasteiger partial charge in [-0.2, -0.15) is 9.38 Å². The molecule has 0 fully saturated rings. The fourth-order valence-corrected chi connectivity index (χ4v) is 6.32. The standard InChI is InChI=1S/C30H33F2N4/c1-7-30(8-2)15-19-11-9-12-20-24(19)28-35(30)16-23(25-21(31)13-10-14-22(25)32)36(28)27-26(20)34(18(3)33-27)17-29(4,5)6/h9-14,16H,7-8,15,17H2,1-6H3/q+1. The average Bonchev–Trinajstić information content (AvgIpc) is 3.36. The first-order valence-corrected chi connectivity index (χ1v) is 12.9. The van der Waals surface area contributed by atoms with Crippen LogP contribution in [0.15, 0.2) is 42.6 Å². The number of halogens is 2. The molecule has 1 aliphatic rings. The van der Waals surface area contributed by atoms with Crippen molar-refractivity contribution in [3.05, 3.63) is 65.6 Å². The molecule has 0 saturated carbocycles. The number of imidazole rings is 2. The van der Waals surface area contributed by atoms with Crippen LogP contribution >= 0.6 is 0 Å². The fourth-order valence-electron chi connectivity index (χ4n) is 6.32. The average molecular weight is 488 g/mol. The van der Waals surface area contributed by atoms with Gasteiger partial charge in [0, 0.05) is 18.4 Å². The molecule has 0 radical (unpaired) electrons. The van der Waals surface area contributed by atoms with Crippen molar-refractivity contribution in [2.45, 2.75) is 72.9 Å². The van der Waals surface area contributed by atoms with Crippen molar-refractivity contribution in [2.24, 2.45) is 5.41 Å². The lowest BCUT2D eigenvalue weighted by Crippen LogP contribution is -2.58. The Hall–Kier alpha value is -3.28. The minimum Gasteiger partial charge on any atom is -0.324 e. The third-order valence-electron chi connectivity index (χ3n) is 8.11. The van der Waals surface area contributed by atoms with Gasteiger partial charge in [-0.3, -0.25) is 0 Å². The van der Waals surface area contributed by atoms with Gasteiger partial charge in [0.2, 0.25) is 0 Å². The molecule has 0 bridgehead atoms. The SMILES string of the molecule is CCC1(CC)Cc2cccc3c2c2n(c(-c4c(F)cccc4F)c[n+]21)c1nc(C)n(CC(C)(C)C)c31. The topological polar surface area (TPSA) is 26.1 Å². The van der Waals surface area contributed by atoms with Crippen LogP contribution in [-0.4, -0.2) is 14.0 Å². The van der Waals surface area contributed by atoms with Crippen LogP contribution in [0.2, 0.25) is 0 Å². The van der Waals surface area contributed by atoms with Crippen molar-refractivity contribution >= 4 is 27.6 Å². The molecular weight excluding hydrogens is 454 g/mol. The van der Waals surface area contributed by atoms with Gasteiger partial charge in [0.25, 0.3) is 11.3 Å². The van der Waals surface area contributed by atoms with Crippen LogP contribution in [0.5, 0.6) is 0 Å². The van der Waals surface area contributed by atoms with Crippen LogP contribution in [0.3, 0.4) is 0 Å². The second-order valence-electron chi connectivity index (χ2n) is 11.6. The minimum atomic E-state index is -0.563. The van der Waals surface area contributed by atoms with E-state index >= 15 is 8.78 Å². The molecule has 186 valence electrons. The molecule has 3 aromatic heterocycles. The zero-order valence-electron chi connectivity index (χ0n) is 21.9. The van der Waals surface area contributed by atoms with Gasteiger partial charge in [-0.15, -0.1) is 0 Å². The number of pyridine rings is 1. The minimum absolute atomic E-state index is 0.00425. The fraction of sp³-hybridized carbons (Fsp3) is 0.400. The lowest BCUT2D eigenvalue weighted by atomic mass is 9.81. The maximum atomic E-state index is 15.3. The van der Waals surface area contributed by atoms with E-state index in [1.54, 1.807) is 0 Å². The van der Waals surface area contributed by atoms with Crippen molar-refractivity contribution in [2.75, 3.05) is 0 Å². The lowest BCUT2D eigenvalue weighted by molar-refractivity contribution is -0.743. The highest BCUT2D eigenvalue weighted by Gasteiger charge is 2.44. The van der Waals surface area contributed by atoms with E-state index in [4.69, 9.17) is 4.98 Å². The Kier molecular flexibility index (Phi) is 4.89. The van der Waals surface area contributed by atoms with Crippen LogP contribution in [-0.2, 0) is 18.5 Å². The van der Waals surface area contributed by atoms with Crippen molar-refractivity contribution in [3.63, 3.8) is 0 Å². The molecule has 6 rings (SSSR count). The molecule has 0 atom stereocenters. The molecule has 0 spiro atoms. The number of aryl methyl sites for hydroxylation is 1. The van der Waals surface area contributed by atoms with Crippen molar-refractivity contribution in [1.29, 1.82) is 0 Å². The molecule has 1 aliphatic heterocycles. The highest BCUT2D eigenvalue weighted by atomic mass is 19.1. The first-order valence-electron chi connectivity index (χ1n) is 12.9. The Labute approximate surface area is 210 Å². The molecule has 5 aromatic rings. The van der Waals surface area contributed by atoms with E-state index in [1.165, 1.54) is 23.8 Å². The van der Waals surface area contributed by atoms with Crippen LogP contribution in [0.1, 0.15) is 58.8 Å². The smallest absolute Gasteiger partial charge is 0.297 e. The van der Waals surface area contributed by atoms with E-state index in [0.29, 0.717) is 5.69 Å². The molecule has 2 aromatic carbocycles. The van der Waals surface area contributed by atoms with Crippen molar-refractivity contribution in [1.82, 2.24) is 14.0 Å². The maximum Gasteiger partial charge on any atom is 0.297 e. The summed E-state index contributed by atoms with van der Waals surface area (Å²) in [5, 5.41) is 2.30. The highest BCUT2D eigenvalue weighted by Crippen LogP contribution is 2.42. The van der Waals surface area contributed by atoms with Crippen molar-refractivity contribution in [3.8, 4) is 11.3 Å². The number of fused-ring (bicyclic) bond motifs is 3. The molecule has 6 heteroatoms. The van der Waals surface area contributed by atoms with E-state index in [0.717, 1.165) is 59.2 Å². The number of benzene rings is 2. The largest absolute Gasteiger partial charge is 0.324 e. The van der Waals surface area contributed by atoms with Crippen LogP contribution in [0.4, 0.5) is 8.78 Å². The van der Waals surface area contributed by atoms with Gasteiger partial charge in [0.1, 0.15) is 34.7 Å². The molecular formula is C30H33F2N4+. The molecule has 0 saturated heterocycles. The predicted molar refractivity (Wildman–Crippen MR) is 140 cm³/mol. The first-order chi connectivity index (χ1) is 17.1. The Morgan fingerprint density at radius 3 is 2.33 bits per heavy atom. The van der Waals surface area contributed by atoms with Gasteiger partial charge < -0.3 is 4.57 Å². The summed E-state index contributed by atoms with van der Waals surface area (Å²) in [6.07, 6.45) is 4.68. The summed E-state index contributed by atoms with van der Waals surface area (Å²) in [6, 6.07) is 10.6. The van der Waals surface area contributed by atoms with Crippen LogP contribution in [0.25, 0.3) is 38.8 Å². The monoisotopic (exact) mass is 487 g/mol. The number of hydrogen-bond acceptors (Lipinski definition) is 1. The summed E-state index contributed by atoms with van der Waals surface area (Å²) in [6.45, 7) is 13.9. The van der Waals surface area contributed by atoms with E-state index in [-0.39, 0.29) is 16.5 Å². The molecule has 36 heavy (non-hydrogen) atoms. The molecule has 4 nitrogen and oxygen atoms in total. The van der Waals surface area contributed by atoms with Gasteiger partial charge in [0.05, 0.1) is 10.9 Å². The number of rotatable bonds is 4. The molecule has 4 heterocycles. The number of nitrogens with zero attached hydrogens (tertiary/aromatic N) is 4. The Balaban J connectivity index is 1.90. The molecule has 0 amide bonds. The molecule has 0 unspecified atom stereocenters. The van der Waals surface area contributed by atoms with Gasteiger partial charge in [-0.25, -0.2) is 13.3 Å². The summed E-state index contributed by atoms with van der Waals surface area (Å²) in [7, 11) is 0. The third kappa shape index (κ3) is 3.02. The maximum absolute atomic E-state index is 15.3. The summed E-state index contributed by atoms with van der Waals surface area (Å²) in [4.78, 5) is 5.06. The van der Waals surface area contributed by atoms with Gasteiger partial charge in [-0.05, 0) is 42.9 Å². The highest BCUT2D eigenvalue weighted by molar-refractivity contribution is 6.11. The van der Waals surface area contributed by atoms with Gasteiger partial charge >= 0.3 is 0 Å². The van der Waals surface area contributed by atoms with Crippen molar-refractivity contribution < 1.29 is 13.3 Å². The van der Waals surface area contributed by atoms with Crippen LogP contribution in [0, 0.1) is 24.0 Å². The normalized spacial score (nSPS) is 15.1. The Bertz CT molecular complexity index is 1660. The van der Waals surface area contributed by atoms with Crippen LogP contribution < -0.4 is 4.57 Å². The third-order valence-corrected chi connectivity index (χ3v) is 8.11. The molecule has 0 aliphatic carbocycles. The van der Waals surface area contributed by atoms with E-state index in [2.05, 4.69) is 62.0 Å². The predicted octanol–water partition coefficient (Wildman–Crippen LogP) is 7.10. The zero-order valence-corrected chi connectivity index (χ0v) is 21.9. The lowest BCUT2D eigenvalue weighted by Gasteiger charge is -2.32. The quantitative estimate of drug-likeness (QED) is 0.248. The van der Waals surface area contributed by atoms with Gasteiger partial charge in [-0.1, -0.05) is 58.9 Å². The van der Waals surface area contributed by atoms with E-state index in [9.17, 15) is 0 Å². The summed E-state index contributed by atoms with van der Waals surface area (Å²) in [5.74, 6) is -0.227. The second-order valence-corrected chi connectivity index (χ2v) is 11.6. The summed E-state index contributed by atoms with van der Waals surface area (Å²) in [5.41, 5.74) is 4.38. The van der Waals surface area contributed by atoms with E-state index < -0.39 is 11.6 Å². The first kappa shape index (κ1) is 23.1. The number of hydrogen-bond donors (Lipinski definition) is 0. The summed E-state index contributed by atoms with van der Waals surface area (Å²) >= 11 is 0. The van der Waals surface area contributed by atoms with E-state index in [1.807, 2.05) is 17.5 Å². The molecule has 0 N–H and O–H groups in total. The Morgan fingerprint density at radius 2 is 1.69 bits per heavy atom. The van der Waals surface area contributed by atoms with Gasteiger partial charge in [0.15, 0.2) is 5.69 Å². The number of aromatic nitrogens is 4. The zero-order chi connectivity index (χ0) is 25.6.